The number of Topliss-reactive ketones (excluding diaryl/α,β-unsaturated/α-hetero) is 1. The number of aliphatic carboxylic acids is 1. The number of unbranched alkanes of at least 4 members (excludes halogenated alkanes) is 17. The van der Waals surface area contributed by atoms with E-state index in [2.05, 4.69) is 13.8 Å². The van der Waals surface area contributed by atoms with Gasteiger partial charge in [0.15, 0.2) is 0 Å². The molecule has 0 aromatic heterocycles. The van der Waals surface area contributed by atoms with E-state index in [1.807, 2.05) is 0 Å². The molecule has 0 rings (SSSR count). The highest BCUT2D eigenvalue weighted by molar-refractivity contribution is 5.98. The van der Waals surface area contributed by atoms with Crippen LogP contribution in [0.25, 0.3) is 0 Å². The molecule has 3 nitrogen and oxygen atoms in total. The molecule has 0 heterocycles. The highest BCUT2D eigenvalue weighted by Crippen LogP contribution is 2.18. The second kappa shape index (κ2) is 21.8. The van der Waals surface area contributed by atoms with Crippen LogP contribution in [0, 0.1) is 12.8 Å². The Balaban J connectivity index is 3.66. The molecule has 0 amide bonds. The summed E-state index contributed by atoms with van der Waals surface area (Å²) in [5, 5.41) is 9.41. The molecule has 0 saturated carbocycles. The molecule has 1 atom stereocenters. The van der Waals surface area contributed by atoms with Gasteiger partial charge in [-0.1, -0.05) is 129 Å². The summed E-state index contributed by atoms with van der Waals surface area (Å²) in [6, 6.07) is 0. The van der Waals surface area contributed by atoms with Crippen molar-refractivity contribution in [3.63, 3.8) is 0 Å². The SMILES string of the molecule is [CH2]CCCCCCCCCCC(=O)C(CCCCCCCCCCCC)C(=O)O. The Hall–Kier alpha value is -0.860. The normalized spacial score (nSPS) is 12.2. The van der Waals surface area contributed by atoms with Crippen LogP contribution < -0.4 is 0 Å². The molecule has 3 heteroatoms. The number of hydrogen-bond acceptors (Lipinski definition) is 2. The first-order valence-electron chi connectivity index (χ1n) is 12.7. The molecule has 1 N–H and O–H groups in total. The Labute approximate surface area is 181 Å². The van der Waals surface area contributed by atoms with Crippen LogP contribution in [-0.2, 0) is 9.59 Å². The lowest BCUT2D eigenvalue weighted by molar-refractivity contribution is -0.146. The summed E-state index contributed by atoms with van der Waals surface area (Å²) in [5.74, 6) is -1.74. The minimum absolute atomic E-state index is 0.0520. The summed E-state index contributed by atoms with van der Waals surface area (Å²) < 4.78 is 0. The lowest BCUT2D eigenvalue weighted by Crippen LogP contribution is -2.23. The van der Waals surface area contributed by atoms with Crippen LogP contribution in [0.2, 0.25) is 0 Å². The fourth-order valence-corrected chi connectivity index (χ4v) is 3.97. The fraction of sp³-hybridized carbons (Fsp3) is 0.885. The van der Waals surface area contributed by atoms with E-state index in [0.29, 0.717) is 12.8 Å². The average molecular weight is 410 g/mol. The molecule has 0 aliphatic heterocycles. The van der Waals surface area contributed by atoms with Crippen molar-refractivity contribution in [2.75, 3.05) is 0 Å². The van der Waals surface area contributed by atoms with Crippen molar-refractivity contribution in [1.29, 1.82) is 0 Å². The largest absolute Gasteiger partial charge is 0.481 e. The van der Waals surface area contributed by atoms with Crippen molar-refractivity contribution in [2.45, 2.75) is 142 Å². The van der Waals surface area contributed by atoms with E-state index in [0.717, 1.165) is 38.5 Å². The third kappa shape index (κ3) is 18.9. The highest BCUT2D eigenvalue weighted by Gasteiger charge is 2.24. The maximum Gasteiger partial charge on any atom is 0.314 e. The molecule has 0 aliphatic carbocycles. The maximum atomic E-state index is 12.3. The highest BCUT2D eigenvalue weighted by atomic mass is 16.4. The first kappa shape index (κ1) is 28.1. The van der Waals surface area contributed by atoms with Crippen LogP contribution >= 0.6 is 0 Å². The molecule has 1 unspecified atom stereocenters. The van der Waals surface area contributed by atoms with Crippen LogP contribution in [0.15, 0.2) is 0 Å². The number of carbonyl (C=O) groups is 2. The van der Waals surface area contributed by atoms with Gasteiger partial charge in [0.1, 0.15) is 11.7 Å². The van der Waals surface area contributed by atoms with Crippen LogP contribution in [0.1, 0.15) is 142 Å². The second-order valence-electron chi connectivity index (χ2n) is 8.76. The average Bonchev–Trinajstić information content (AvgIpc) is 2.70. The first-order chi connectivity index (χ1) is 14.1. The topological polar surface area (TPSA) is 54.4 Å². The molecule has 1 radical (unpaired) electrons. The molecule has 0 fully saturated rings. The minimum atomic E-state index is -0.920. The summed E-state index contributed by atoms with van der Waals surface area (Å²) in [4.78, 5) is 23.8. The smallest absolute Gasteiger partial charge is 0.314 e. The molecule has 0 aromatic carbocycles. The Morgan fingerprint density at radius 3 is 1.52 bits per heavy atom. The summed E-state index contributed by atoms with van der Waals surface area (Å²) in [5.41, 5.74) is 0. The second-order valence-corrected chi connectivity index (χ2v) is 8.76. The molecule has 0 bridgehead atoms. The van der Waals surface area contributed by atoms with Crippen molar-refractivity contribution >= 4 is 11.8 Å². The summed E-state index contributed by atoms with van der Waals surface area (Å²) in [7, 11) is 0. The third-order valence-corrected chi connectivity index (χ3v) is 5.96. The monoisotopic (exact) mass is 409 g/mol. The van der Waals surface area contributed by atoms with Crippen LogP contribution in [0.4, 0.5) is 0 Å². The van der Waals surface area contributed by atoms with E-state index in [1.54, 1.807) is 0 Å². The van der Waals surface area contributed by atoms with Gasteiger partial charge >= 0.3 is 5.97 Å². The Bertz CT molecular complexity index is 378. The van der Waals surface area contributed by atoms with E-state index >= 15 is 0 Å². The predicted octanol–water partition coefficient (Wildman–Crippen LogP) is 8.30. The van der Waals surface area contributed by atoms with Gasteiger partial charge in [-0.15, -0.1) is 0 Å². The zero-order chi connectivity index (χ0) is 21.6. The molecule has 171 valence electrons. The summed E-state index contributed by atoms with van der Waals surface area (Å²) in [6.07, 6.45) is 23.6. The van der Waals surface area contributed by atoms with E-state index < -0.39 is 11.9 Å². The lowest BCUT2D eigenvalue weighted by Gasteiger charge is -2.11. The van der Waals surface area contributed by atoms with Crippen LogP contribution in [0.3, 0.4) is 0 Å². The fourth-order valence-electron chi connectivity index (χ4n) is 3.97. The molecule has 29 heavy (non-hydrogen) atoms. The predicted molar refractivity (Wildman–Crippen MR) is 124 cm³/mol. The Morgan fingerprint density at radius 2 is 1.07 bits per heavy atom. The van der Waals surface area contributed by atoms with Gasteiger partial charge < -0.3 is 5.11 Å². The first-order valence-corrected chi connectivity index (χ1v) is 12.7. The van der Waals surface area contributed by atoms with Crippen molar-refractivity contribution in [3.05, 3.63) is 6.92 Å². The van der Waals surface area contributed by atoms with Crippen molar-refractivity contribution in [1.82, 2.24) is 0 Å². The van der Waals surface area contributed by atoms with Crippen molar-refractivity contribution in [2.24, 2.45) is 5.92 Å². The van der Waals surface area contributed by atoms with Crippen LogP contribution in [-0.4, -0.2) is 16.9 Å². The lowest BCUT2D eigenvalue weighted by atomic mass is 9.93. The van der Waals surface area contributed by atoms with Gasteiger partial charge in [-0.3, -0.25) is 9.59 Å². The molecular formula is C26H49O3. The standard InChI is InChI=1S/C26H49O3/c1-3-5-7-9-11-13-15-16-18-20-22-24(26(28)29)25(27)23-21-19-17-14-12-10-8-6-4-2/h24H,2-23H2,1H3,(H,28,29). The molecule has 0 aliphatic rings. The Kier molecular flexibility index (Phi) is 21.2. The maximum absolute atomic E-state index is 12.3. The number of ketones is 1. The van der Waals surface area contributed by atoms with Gasteiger partial charge in [-0.05, 0) is 12.8 Å². The van der Waals surface area contributed by atoms with Crippen molar-refractivity contribution in [3.8, 4) is 0 Å². The molecule has 0 saturated heterocycles. The van der Waals surface area contributed by atoms with Gasteiger partial charge in [-0.25, -0.2) is 0 Å². The number of carboxylic acid groups (broad SMARTS) is 1. The van der Waals surface area contributed by atoms with E-state index in [1.165, 1.54) is 83.5 Å². The van der Waals surface area contributed by atoms with E-state index in [-0.39, 0.29) is 5.78 Å². The quantitative estimate of drug-likeness (QED) is 0.136. The Morgan fingerprint density at radius 1 is 0.655 bits per heavy atom. The summed E-state index contributed by atoms with van der Waals surface area (Å²) in [6.45, 7) is 6.10. The van der Waals surface area contributed by atoms with Gasteiger partial charge in [0.2, 0.25) is 0 Å². The van der Waals surface area contributed by atoms with Crippen molar-refractivity contribution < 1.29 is 14.7 Å². The summed E-state index contributed by atoms with van der Waals surface area (Å²) >= 11 is 0. The zero-order valence-corrected chi connectivity index (χ0v) is 19.4. The van der Waals surface area contributed by atoms with Gasteiger partial charge in [0.05, 0.1) is 0 Å². The van der Waals surface area contributed by atoms with Gasteiger partial charge in [-0.2, -0.15) is 0 Å². The number of rotatable bonds is 23. The minimum Gasteiger partial charge on any atom is -0.481 e. The van der Waals surface area contributed by atoms with Crippen LogP contribution in [0.5, 0.6) is 0 Å². The molecular weight excluding hydrogens is 360 g/mol. The zero-order valence-electron chi connectivity index (χ0n) is 19.4. The van der Waals surface area contributed by atoms with Gasteiger partial charge in [0.25, 0.3) is 0 Å². The third-order valence-electron chi connectivity index (χ3n) is 5.96. The van der Waals surface area contributed by atoms with E-state index in [9.17, 15) is 14.7 Å². The number of carbonyl (C=O) groups excluding carboxylic acids is 1. The number of hydrogen-bond donors (Lipinski definition) is 1. The number of carboxylic acids is 1. The molecule has 0 aromatic rings. The molecule has 0 spiro atoms. The van der Waals surface area contributed by atoms with Gasteiger partial charge in [0, 0.05) is 6.42 Å². The van der Waals surface area contributed by atoms with E-state index in [4.69, 9.17) is 0 Å².